The zero-order valence-electron chi connectivity index (χ0n) is 10.4. The lowest BCUT2D eigenvalue weighted by molar-refractivity contribution is -0.151. The topological polar surface area (TPSA) is 26.3 Å². The van der Waals surface area contributed by atoms with Gasteiger partial charge < -0.3 is 4.74 Å². The van der Waals surface area contributed by atoms with Crippen molar-refractivity contribution in [1.29, 1.82) is 0 Å². The van der Waals surface area contributed by atoms with Gasteiger partial charge in [0.05, 0.1) is 5.92 Å². The zero-order valence-corrected chi connectivity index (χ0v) is 10.4. The zero-order chi connectivity index (χ0) is 12.1. The maximum atomic E-state index is 12.0. The van der Waals surface area contributed by atoms with Crippen molar-refractivity contribution in [2.75, 3.05) is 0 Å². The van der Waals surface area contributed by atoms with Crippen LogP contribution < -0.4 is 0 Å². The van der Waals surface area contributed by atoms with E-state index in [0.29, 0.717) is 0 Å². The summed E-state index contributed by atoms with van der Waals surface area (Å²) in [4.78, 5) is 12.0. The van der Waals surface area contributed by atoms with Crippen molar-refractivity contribution in [3.05, 3.63) is 35.9 Å². The van der Waals surface area contributed by atoms with E-state index in [0.717, 1.165) is 18.4 Å². The minimum absolute atomic E-state index is 0.0805. The summed E-state index contributed by atoms with van der Waals surface area (Å²) in [5, 5.41) is 0. The molecular weight excluding hydrogens is 212 g/mol. The summed E-state index contributed by atoms with van der Waals surface area (Å²) in [6, 6.07) is 9.84. The molecule has 17 heavy (non-hydrogen) atoms. The summed E-state index contributed by atoms with van der Waals surface area (Å²) < 4.78 is 5.57. The monoisotopic (exact) mass is 232 g/mol. The second-order valence-electron chi connectivity index (χ2n) is 4.83. The molecule has 2 nitrogen and oxygen atoms in total. The maximum Gasteiger partial charge on any atom is 0.313 e. The minimum Gasteiger partial charge on any atom is -0.462 e. The third-order valence-electron chi connectivity index (χ3n) is 3.49. The Morgan fingerprint density at radius 1 is 1.18 bits per heavy atom. The number of carbonyl (C=O) groups excluding carboxylic acids is 1. The van der Waals surface area contributed by atoms with E-state index in [-0.39, 0.29) is 18.0 Å². The third-order valence-corrected chi connectivity index (χ3v) is 3.49. The summed E-state index contributed by atoms with van der Waals surface area (Å²) in [6.45, 7) is 1.92. The molecule has 1 aliphatic carbocycles. The number of ether oxygens (including phenoxy) is 1. The van der Waals surface area contributed by atoms with Crippen LogP contribution in [0.3, 0.4) is 0 Å². The lowest BCUT2D eigenvalue weighted by Crippen LogP contribution is -2.23. The fourth-order valence-corrected chi connectivity index (χ4v) is 2.33. The summed E-state index contributed by atoms with van der Waals surface area (Å²) >= 11 is 0. The van der Waals surface area contributed by atoms with Crippen molar-refractivity contribution in [2.45, 2.75) is 51.0 Å². The summed E-state index contributed by atoms with van der Waals surface area (Å²) in [5.41, 5.74) is 1.04. The van der Waals surface area contributed by atoms with E-state index >= 15 is 0 Å². The number of esters is 1. The highest BCUT2D eigenvalue weighted by atomic mass is 16.5. The highest BCUT2D eigenvalue weighted by Crippen LogP contribution is 2.23. The van der Waals surface area contributed by atoms with Crippen molar-refractivity contribution in [2.24, 2.45) is 0 Å². The number of hydrogen-bond donors (Lipinski definition) is 0. The van der Waals surface area contributed by atoms with E-state index in [1.54, 1.807) is 0 Å². The van der Waals surface area contributed by atoms with Gasteiger partial charge >= 0.3 is 5.97 Å². The molecule has 1 aromatic carbocycles. The van der Waals surface area contributed by atoms with Crippen molar-refractivity contribution in [3.63, 3.8) is 0 Å². The molecular formula is C15H20O2. The Morgan fingerprint density at radius 2 is 1.82 bits per heavy atom. The molecule has 1 aromatic rings. The highest BCUT2D eigenvalue weighted by molar-refractivity contribution is 5.77. The molecule has 2 heteroatoms. The van der Waals surface area contributed by atoms with E-state index in [9.17, 15) is 4.79 Å². The van der Waals surface area contributed by atoms with Crippen LogP contribution in [0.25, 0.3) is 0 Å². The van der Waals surface area contributed by atoms with E-state index in [1.165, 1.54) is 19.3 Å². The minimum atomic E-state index is -0.155. The largest absolute Gasteiger partial charge is 0.462 e. The van der Waals surface area contributed by atoms with Gasteiger partial charge in [0.2, 0.25) is 0 Å². The molecule has 1 unspecified atom stereocenters. The van der Waals surface area contributed by atoms with Crippen LogP contribution in [0.4, 0.5) is 0 Å². The van der Waals surface area contributed by atoms with Crippen LogP contribution in [-0.4, -0.2) is 12.1 Å². The smallest absolute Gasteiger partial charge is 0.313 e. The molecule has 1 saturated carbocycles. The molecule has 1 atom stereocenters. The molecule has 0 saturated heterocycles. The van der Waals surface area contributed by atoms with Crippen molar-refractivity contribution in [1.82, 2.24) is 0 Å². The van der Waals surface area contributed by atoms with E-state index < -0.39 is 0 Å². The predicted octanol–water partition coefficient (Wildman–Crippen LogP) is 3.67. The molecule has 0 radical (unpaired) electrons. The SMILES string of the molecule is CC(C(=O)OC1CCCCC1)c1ccccc1. The van der Waals surface area contributed by atoms with Crippen LogP contribution >= 0.6 is 0 Å². The maximum absolute atomic E-state index is 12.0. The Morgan fingerprint density at radius 3 is 2.47 bits per heavy atom. The Kier molecular flexibility index (Phi) is 4.18. The van der Waals surface area contributed by atoms with Crippen LogP contribution in [-0.2, 0) is 9.53 Å². The average Bonchev–Trinajstić information content (AvgIpc) is 2.40. The number of benzene rings is 1. The average molecular weight is 232 g/mol. The fourth-order valence-electron chi connectivity index (χ4n) is 2.33. The van der Waals surface area contributed by atoms with Crippen LogP contribution in [0.2, 0.25) is 0 Å². The van der Waals surface area contributed by atoms with Crippen molar-refractivity contribution in [3.8, 4) is 0 Å². The van der Waals surface area contributed by atoms with Crippen molar-refractivity contribution < 1.29 is 9.53 Å². The summed E-state index contributed by atoms with van der Waals surface area (Å²) in [6.07, 6.45) is 5.89. The van der Waals surface area contributed by atoms with Gasteiger partial charge in [-0.15, -0.1) is 0 Å². The lowest BCUT2D eigenvalue weighted by Gasteiger charge is -2.23. The number of carbonyl (C=O) groups is 1. The Bertz CT molecular complexity index is 352. The predicted molar refractivity (Wildman–Crippen MR) is 67.8 cm³/mol. The van der Waals surface area contributed by atoms with Gasteiger partial charge in [-0.2, -0.15) is 0 Å². The van der Waals surface area contributed by atoms with Gasteiger partial charge in [-0.25, -0.2) is 0 Å². The van der Waals surface area contributed by atoms with Gasteiger partial charge in [0.15, 0.2) is 0 Å². The lowest BCUT2D eigenvalue weighted by atomic mass is 9.97. The number of rotatable bonds is 3. The molecule has 0 aliphatic heterocycles. The molecule has 0 N–H and O–H groups in total. The van der Waals surface area contributed by atoms with E-state index in [4.69, 9.17) is 4.74 Å². The molecule has 2 rings (SSSR count). The van der Waals surface area contributed by atoms with E-state index in [2.05, 4.69) is 0 Å². The van der Waals surface area contributed by atoms with Gasteiger partial charge in [0.1, 0.15) is 6.10 Å². The first-order valence-electron chi connectivity index (χ1n) is 6.53. The third kappa shape index (κ3) is 3.32. The summed E-state index contributed by atoms with van der Waals surface area (Å²) in [5.74, 6) is -0.235. The van der Waals surface area contributed by atoms with Crippen LogP contribution in [0, 0.1) is 0 Å². The molecule has 0 heterocycles. The highest BCUT2D eigenvalue weighted by Gasteiger charge is 2.22. The second-order valence-corrected chi connectivity index (χ2v) is 4.83. The first-order valence-corrected chi connectivity index (χ1v) is 6.53. The molecule has 92 valence electrons. The normalized spacial score (nSPS) is 18.6. The first-order chi connectivity index (χ1) is 8.27. The van der Waals surface area contributed by atoms with Crippen LogP contribution in [0.1, 0.15) is 50.5 Å². The quantitative estimate of drug-likeness (QED) is 0.743. The number of hydrogen-bond acceptors (Lipinski definition) is 2. The van der Waals surface area contributed by atoms with Gasteiger partial charge in [0, 0.05) is 0 Å². The Labute approximate surface area is 103 Å². The Balaban J connectivity index is 1.91. The Hall–Kier alpha value is -1.31. The molecule has 0 spiro atoms. The first kappa shape index (κ1) is 12.2. The molecule has 0 aromatic heterocycles. The summed E-state index contributed by atoms with van der Waals surface area (Å²) in [7, 11) is 0. The standard InChI is InChI=1S/C15H20O2/c1-12(13-8-4-2-5-9-13)15(16)17-14-10-6-3-7-11-14/h2,4-5,8-9,12,14H,3,6-7,10-11H2,1H3. The second kappa shape index (κ2) is 5.85. The van der Waals surface area contributed by atoms with Crippen LogP contribution in [0.15, 0.2) is 30.3 Å². The molecule has 1 aliphatic rings. The fraction of sp³-hybridized carbons (Fsp3) is 0.533. The molecule has 1 fully saturated rings. The molecule has 0 bridgehead atoms. The van der Waals surface area contributed by atoms with Gasteiger partial charge in [-0.05, 0) is 38.2 Å². The van der Waals surface area contributed by atoms with E-state index in [1.807, 2.05) is 37.3 Å². The van der Waals surface area contributed by atoms with Crippen LogP contribution in [0.5, 0.6) is 0 Å². The molecule has 0 amide bonds. The van der Waals surface area contributed by atoms with Gasteiger partial charge in [-0.3, -0.25) is 4.79 Å². The van der Waals surface area contributed by atoms with Gasteiger partial charge in [-0.1, -0.05) is 36.8 Å². The van der Waals surface area contributed by atoms with Crippen molar-refractivity contribution >= 4 is 5.97 Å². The van der Waals surface area contributed by atoms with Gasteiger partial charge in [0.25, 0.3) is 0 Å².